The van der Waals surface area contributed by atoms with Crippen LogP contribution in [0.1, 0.15) is 16.7 Å². The van der Waals surface area contributed by atoms with E-state index < -0.39 is 0 Å². The number of rotatable bonds is 5. The predicted molar refractivity (Wildman–Crippen MR) is 85.3 cm³/mol. The zero-order chi connectivity index (χ0) is 14.7. The minimum absolute atomic E-state index is 0.767. The first-order valence-electron chi connectivity index (χ1n) is 6.90. The van der Waals surface area contributed by atoms with Crippen LogP contribution in [0.15, 0.2) is 36.4 Å². The number of thiophene rings is 1. The minimum atomic E-state index is 0.767. The third-order valence-electron chi connectivity index (χ3n) is 3.27. The zero-order valence-corrected chi connectivity index (χ0v) is 12.9. The molecule has 2 aromatic heterocycles. The SMILES string of the molecule is CCc1ccc(CNc2cccc(-c3nnnn3C)c2)s1. The van der Waals surface area contributed by atoms with Gasteiger partial charge in [0.05, 0.1) is 0 Å². The molecular weight excluding hydrogens is 282 g/mol. The van der Waals surface area contributed by atoms with Crippen molar-refractivity contribution in [1.29, 1.82) is 0 Å². The first-order chi connectivity index (χ1) is 10.3. The molecule has 6 heteroatoms. The van der Waals surface area contributed by atoms with Crippen molar-refractivity contribution >= 4 is 17.0 Å². The molecule has 0 atom stereocenters. The number of hydrogen-bond acceptors (Lipinski definition) is 5. The summed E-state index contributed by atoms with van der Waals surface area (Å²) in [4.78, 5) is 2.77. The fourth-order valence-corrected chi connectivity index (χ4v) is 3.04. The van der Waals surface area contributed by atoms with Crippen molar-refractivity contribution in [3.8, 4) is 11.4 Å². The fraction of sp³-hybridized carbons (Fsp3) is 0.267. The van der Waals surface area contributed by atoms with Crippen molar-refractivity contribution in [2.24, 2.45) is 7.05 Å². The molecule has 0 aliphatic carbocycles. The van der Waals surface area contributed by atoms with Gasteiger partial charge < -0.3 is 5.32 Å². The highest BCUT2D eigenvalue weighted by molar-refractivity contribution is 7.12. The minimum Gasteiger partial charge on any atom is -0.380 e. The van der Waals surface area contributed by atoms with E-state index in [1.807, 2.05) is 30.5 Å². The molecule has 0 saturated heterocycles. The Bertz CT molecular complexity index is 731. The van der Waals surface area contributed by atoms with Crippen LogP contribution in [0, 0.1) is 0 Å². The van der Waals surface area contributed by atoms with E-state index in [4.69, 9.17) is 0 Å². The van der Waals surface area contributed by atoms with Gasteiger partial charge in [0.1, 0.15) is 0 Å². The second-order valence-corrected chi connectivity index (χ2v) is 6.03. The van der Waals surface area contributed by atoms with Crippen LogP contribution in [-0.2, 0) is 20.0 Å². The van der Waals surface area contributed by atoms with E-state index >= 15 is 0 Å². The summed E-state index contributed by atoms with van der Waals surface area (Å²) in [5, 5.41) is 15.0. The van der Waals surface area contributed by atoms with Crippen molar-refractivity contribution in [2.45, 2.75) is 19.9 Å². The maximum absolute atomic E-state index is 4.04. The van der Waals surface area contributed by atoms with Crippen molar-refractivity contribution < 1.29 is 0 Å². The third-order valence-corrected chi connectivity index (χ3v) is 4.50. The summed E-state index contributed by atoms with van der Waals surface area (Å²) >= 11 is 1.86. The molecule has 21 heavy (non-hydrogen) atoms. The second kappa shape index (κ2) is 6.05. The molecule has 0 aliphatic rings. The highest BCUT2D eigenvalue weighted by Crippen LogP contribution is 2.22. The molecule has 1 aromatic carbocycles. The summed E-state index contributed by atoms with van der Waals surface area (Å²) in [6, 6.07) is 12.5. The van der Waals surface area contributed by atoms with Crippen LogP contribution in [0.4, 0.5) is 5.69 Å². The number of nitrogens with one attached hydrogen (secondary N) is 1. The van der Waals surface area contributed by atoms with E-state index in [0.717, 1.165) is 30.0 Å². The van der Waals surface area contributed by atoms with Gasteiger partial charge in [-0.3, -0.25) is 0 Å². The summed E-state index contributed by atoms with van der Waals surface area (Å²) in [5.41, 5.74) is 2.08. The lowest BCUT2D eigenvalue weighted by Crippen LogP contribution is -1.99. The van der Waals surface area contributed by atoms with Crippen molar-refractivity contribution in [2.75, 3.05) is 5.32 Å². The van der Waals surface area contributed by atoms with E-state index in [0.29, 0.717) is 0 Å². The lowest BCUT2D eigenvalue weighted by Gasteiger charge is -2.06. The maximum atomic E-state index is 4.04. The Kier molecular flexibility index (Phi) is 3.96. The second-order valence-electron chi connectivity index (χ2n) is 4.78. The van der Waals surface area contributed by atoms with E-state index in [2.05, 4.69) is 52.0 Å². The Morgan fingerprint density at radius 3 is 2.76 bits per heavy atom. The normalized spacial score (nSPS) is 10.8. The van der Waals surface area contributed by atoms with Crippen molar-refractivity contribution in [3.05, 3.63) is 46.2 Å². The standard InChI is InChI=1S/C15H17N5S/c1-3-13-7-8-14(21-13)10-16-12-6-4-5-11(9-12)15-17-18-19-20(15)2/h4-9,16H,3,10H2,1-2H3. The topological polar surface area (TPSA) is 55.6 Å². The number of nitrogens with zero attached hydrogens (tertiary/aromatic N) is 4. The van der Waals surface area contributed by atoms with Gasteiger partial charge in [-0.15, -0.1) is 16.4 Å². The molecule has 0 amide bonds. The van der Waals surface area contributed by atoms with E-state index in [9.17, 15) is 0 Å². The predicted octanol–water partition coefficient (Wildman–Crippen LogP) is 3.11. The van der Waals surface area contributed by atoms with Crippen LogP contribution in [0.25, 0.3) is 11.4 Å². The fourth-order valence-electron chi connectivity index (χ4n) is 2.14. The Morgan fingerprint density at radius 1 is 1.19 bits per heavy atom. The largest absolute Gasteiger partial charge is 0.380 e. The molecule has 0 bridgehead atoms. The van der Waals surface area contributed by atoms with Crippen LogP contribution in [0.3, 0.4) is 0 Å². The molecule has 3 rings (SSSR count). The molecular formula is C15H17N5S. The molecule has 0 saturated carbocycles. The van der Waals surface area contributed by atoms with Crippen LogP contribution in [-0.4, -0.2) is 20.2 Å². The van der Waals surface area contributed by atoms with Crippen LogP contribution in [0.2, 0.25) is 0 Å². The monoisotopic (exact) mass is 299 g/mol. The number of benzene rings is 1. The number of hydrogen-bond donors (Lipinski definition) is 1. The smallest absolute Gasteiger partial charge is 0.181 e. The number of aromatic nitrogens is 4. The molecule has 2 heterocycles. The van der Waals surface area contributed by atoms with Gasteiger partial charge in [0, 0.05) is 34.6 Å². The van der Waals surface area contributed by atoms with Gasteiger partial charge >= 0.3 is 0 Å². The first kappa shape index (κ1) is 13.8. The number of anilines is 1. The summed E-state index contributed by atoms with van der Waals surface area (Å²) in [5.74, 6) is 0.767. The Morgan fingerprint density at radius 2 is 2.05 bits per heavy atom. The van der Waals surface area contributed by atoms with E-state index in [1.54, 1.807) is 4.68 Å². The summed E-state index contributed by atoms with van der Waals surface area (Å²) < 4.78 is 1.67. The highest BCUT2D eigenvalue weighted by Gasteiger charge is 2.06. The van der Waals surface area contributed by atoms with Crippen LogP contribution < -0.4 is 5.32 Å². The van der Waals surface area contributed by atoms with Crippen molar-refractivity contribution in [1.82, 2.24) is 20.2 Å². The van der Waals surface area contributed by atoms with Gasteiger partial charge in [-0.2, -0.15) is 0 Å². The Balaban J connectivity index is 1.73. The first-order valence-corrected chi connectivity index (χ1v) is 7.72. The lowest BCUT2D eigenvalue weighted by atomic mass is 10.2. The van der Waals surface area contributed by atoms with Crippen LogP contribution >= 0.6 is 11.3 Å². The lowest BCUT2D eigenvalue weighted by molar-refractivity contribution is 0.714. The molecule has 1 N–H and O–H groups in total. The van der Waals surface area contributed by atoms with Gasteiger partial charge in [0.25, 0.3) is 0 Å². The van der Waals surface area contributed by atoms with Gasteiger partial charge in [-0.25, -0.2) is 4.68 Å². The molecule has 0 unspecified atom stereocenters. The Hall–Kier alpha value is -2.21. The third kappa shape index (κ3) is 3.11. The number of aryl methyl sites for hydroxylation is 2. The van der Waals surface area contributed by atoms with Gasteiger partial charge in [-0.05, 0) is 41.1 Å². The van der Waals surface area contributed by atoms with Gasteiger partial charge in [0.15, 0.2) is 5.82 Å². The summed E-state index contributed by atoms with van der Waals surface area (Å²) in [7, 11) is 1.84. The quantitative estimate of drug-likeness (QED) is 0.786. The molecule has 3 aromatic rings. The average Bonchev–Trinajstić information content (AvgIpc) is 3.14. The molecule has 0 aliphatic heterocycles. The molecule has 0 radical (unpaired) electrons. The van der Waals surface area contributed by atoms with Crippen molar-refractivity contribution in [3.63, 3.8) is 0 Å². The van der Waals surface area contributed by atoms with Crippen LogP contribution in [0.5, 0.6) is 0 Å². The highest BCUT2D eigenvalue weighted by atomic mass is 32.1. The van der Waals surface area contributed by atoms with Gasteiger partial charge in [-0.1, -0.05) is 19.1 Å². The molecule has 5 nitrogen and oxygen atoms in total. The maximum Gasteiger partial charge on any atom is 0.181 e. The average molecular weight is 299 g/mol. The molecule has 108 valence electrons. The molecule has 0 fully saturated rings. The van der Waals surface area contributed by atoms with E-state index in [-0.39, 0.29) is 0 Å². The van der Waals surface area contributed by atoms with E-state index in [1.165, 1.54) is 9.75 Å². The summed E-state index contributed by atoms with van der Waals surface area (Å²) in [6.07, 6.45) is 1.10. The zero-order valence-electron chi connectivity index (χ0n) is 12.1. The molecule has 0 spiro atoms. The Labute approximate surface area is 127 Å². The summed E-state index contributed by atoms with van der Waals surface area (Å²) in [6.45, 7) is 3.02. The van der Waals surface area contributed by atoms with Gasteiger partial charge in [0.2, 0.25) is 0 Å². The number of tetrazole rings is 1.